The predicted molar refractivity (Wildman–Crippen MR) is 75.5 cm³/mol. The Kier molecular flexibility index (Phi) is 3.52. The van der Waals surface area contributed by atoms with Crippen molar-refractivity contribution in [1.82, 2.24) is 19.4 Å². The van der Waals surface area contributed by atoms with Crippen molar-refractivity contribution in [1.29, 1.82) is 0 Å². The third-order valence-corrected chi connectivity index (χ3v) is 3.60. The van der Waals surface area contributed by atoms with E-state index in [1.807, 2.05) is 40.9 Å². The minimum Gasteiger partial charge on any atom is -0.337 e. The summed E-state index contributed by atoms with van der Waals surface area (Å²) in [6.45, 7) is 2.60. The molecule has 0 saturated carbocycles. The number of carbonyl (C=O) groups is 1. The number of amides is 1. The number of rotatable bonds is 4. The highest BCUT2D eigenvalue weighted by atomic mass is 16.2. The number of aromatic nitrogens is 2. The van der Waals surface area contributed by atoms with Crippen LogP contribution in [-0.2, 0) is 24.9 Å². The highest BCUT2D eigenvalue weighted by Gasteiger charge is 2.27. The molecule has 2 aromatic rings. The van der Waals surface area contributed by atoms with Crippen LogP contribution in [0.5, 0.6) is 0 Å². The largest absolute Gasteiger partial charge is 0.337 e. The Morgan fingerprint density at radius 1 is 1.20 bits per heavy atom. The molecular formula is C15H18N4O. The number of aryl methyl sites for hydroxylation is 1. The zero-order valence-electron chi connectivity index (χ0n) is 11.6. The zero-order chi connectivity index (χ0) is 13.9. The van der Waals surface area contributed by atoms with Crippen LogP contribution in [-0.4, -0.2) is 38.5 Å². The normalized spacial score (nSPS) is 16.1. The van der Waals surface area contributed by atoms with Gasteiger partial charge in [0.05, 0.1) is 25.2 Å². The van der Waals surface area contributed by atoms with Gasteiger partial charge in [0.25, 0.3) is 0 Å². The maximum Gasteiger partial charge on any atom is 0.238 e. The number of hydrogen-bond donors (Lipinski definition) is 0. The molecule has 2 heterocycles. The molecule has 20 heavy (non-hydrogen) atoms. The molecule has 0 radical (unpaired) electrons. The Bertz CT molecular complexity index is 593. The quantitative estimate of drug-likeness (QED) is 0.839. The lowest BCUT2D eigenvalue weighted by Gasteiger charge is -2.18. The van der Waals surface area contributed by atoms with Crippen LogP contribution >= 0.6 is 0 Å². The van der Waals surface area contributed by atoms with Gasteiger partial charge in [-0.2, -0.15) is 0 Å². The molecule has 0 N–H and O–H groups in total. The summed E-state index contributed by atoms with van der Waals surface area (Å²) in [4.78, 5) is 20.2. The molecule has 1 fully saturated rings. The minimum atomic E-state index is 0.191. The van der Waals surface area contributed by atoms with Crippen LogP contribution in [0.1, 0.15) is 11.3 Å². The first-order valence-corrected chi connectivity index (χ1v) is 6.71. The Hall–Kier alpha value is -2.14. The predicted octanol–water partition coefficient (Wildman–Crippen LogP) is 1.22. The molecule has 104 valence electrons. The first-order chi connectivity index (χ1) is 9.72. The van der Waals surface area contributed by atoms with Crippen molar-refractivity contribution in [3.05, 3.63) is 54.1 Å². The Morgan fingerprint density at radius 3 is 2.70 bits per heavy atom. The summed E-state index contributed by atoms with van der Waals surface area (Å²) in [5, 5.41) is 0. The van der Waals surface area contributed by atoms with Crippen molar-refractivity contribution in [3.63, 3.8) is 0 Å². The van der Waals surface area contributed by atoms with E-state index in [1.54, 1.807) is 6.33 Å². The van der Waals surface area contributed by atoms with E-state index in [-0.39, 0.29) is 5.91 Å². The molecule has 1 aliphatic heterocycles. The molecule has 0 bridgehead atoms. The van der Waals surface area contributed by atoms with Crippen LogP contribution < -0.4 is 0 Å². The smallest absolute Gasteiger partial charge is 0.238 e. The van der Waals surface area contributed by atoms with Crippen LogP contribution in [0.25, 0.3) is 0 Å². The number of carbonyl (C=O) groups excluding carboxylic acids is 1. The van der Waals surface area contributed by atoms with E-state index in [0.717, 1.165) is 12.2 Å². The monoisotopic (exact) mass is 270 g/mol. The second kappa shape index (κ2) is 5.46. The Balaban J connectivity index is 1.62. The Labute approximate surface area is 118 Å². The molecule has 1 saturated heterocycles. The molecule has 5 nitrogen and oxygen atoms in total. The standard InChI is InChI=1S/C15H18N4O/c1-17-11-16-7-14(17)9-18-10-15(20)19(12-18)8-13-5-3-2-4-6-13/h2-7,11H,8-10,12H2,1H3. The molecular weight excluding hydrogens is 252 g/mol. The van der Waals surface area contributed by atoms with E-state index in [9.17, 15) is 4.79 Å². The number of imidazole rings is 1. The van der Waals surface area contributed by atoms with Gasteiger partial charge in [-0.15, -0.1) is 0 Å². The van der Waals surface area contributed by atoms with E-state index in [1.165, 1.54) is 5.56 Å². The minimum absolute atomic E-state index is 0.191. The summed E-state index contributed by atoms with van der Waals surface area (Å²) in [6.07, 6.45) is 3.64. The SMILES string of the molecule is Cn1cncc1CN1CC(=O)N(Cc2ccccc2)C1. The second-order valence-electron chi connectivity index (χ2n) is 5.20. The summed E-state index contributed by atoms with van der Waals surface area (Å²) >= 11 is 0. The van der Waals surface area contributed by atoms with Gasteiger partial charge in [0, 0.05) is 26.3 Å². The molecule has 0 spiro atoms. The lowest BCUT2D eigenvalue weighted by atomic mass is 10.2. The average Bonchev–Trinajstić information content (AvgIpc) is 2.99. The van der Waals surface area contributed by atoms with E-state index >= 15 is 0 Å². The lowest BCUT2D eigenvalue weighted by molar-refractivity contribution is -0.127. The van der Waals surface area contributed by atoms with Crippen molar-refractivity contribution < 1.29 is 4.79 Å². The van der Waals surface area contributed by atoms with E-state index in [2.05, 4.69) is 22.0 Å². The summed E-state index contributed by atoms with van der Waals surface area (Å²) in [6, 6.07) is 10.1. The van der Waals surface area contributed by atoms with Gasteiger partial charge >= 0.3 is 0 Å². The van der Waals surface area contributed by atoms with Gasteiger partial charge in [-0.05, 0) is 5.56 Å². The molecule has 3 rings (SSSR count). The summed E-state index contributed by atoms with van der Waals surface area (Å²) in [5.74, 6) is 0.191. The number of nitrogens with zero attached hydrogens (tertiary/aromatic N) is 4. The Morgan fingerprint density at radius 2 is 2.00 bits per heavy atom. The highest BCUT2D eigenvalue weighted by molar-refractivity contribution is 5.80. The van der Waals surface area contributed by atoms with Crippen molar-refractivity contribution in [2.75, 3.05) is 13.2 Å². The van der Waals surface area contributed by atoms with Crippen LogP contribution in [0, 0.1) is 0 Å². The van der Waals surface area contributed by atoms with Crippen molar-refractivity contribution in [2.24, 2.45) is 7.05 Å². The second-order valence-corrected chi connectivity index (χ2v) is 5.20. The maximum atomic E-state index is 12.1. The zero-order valence-corrected chi connectivity index (χ0v) is 11.6. The molecule has 0 unspecified atom stereocenters. The summed E-state index contributed by atoms with van der Waals surface area (Å²) < 4.78 is 1.99. The van der Waals surface area contributed by atoms with Crippen LogP contribution in [0.2, 0.25) is 0 Å². The first kappa shape index (κ1) is 12.9. The topological polar surface area (TPSA) is 41.4 Å². The average molecular weight is 270 g/mol. The molecule has 1 aromatic heterocycles. The molecule has 5 heteroatoms. The highest BCUT2D eigenvalue weighted by Crippen LogP contribution is 2.14. The maximum absolute atomic E-state index is 12.1. The van der Waals surface area contributed by atoms with Gasteiger partial charge in [-0.1, -0.05) is 30.3 Å². The van der Waals surface area contributed by atoms with E-state index in [0.29, 0.717) is 19.8 Å². The van der Waals surface area contributed by atoms with Crippen molar-refractivity contribution in [3.8, 4) is 0 Å². The summed E-state index contributed by atoms with van der Waals surface area (Å²) in [5.41, 5.74) is 2.29. The fourth-order valence-electron chi connectivity index (χ4n) is 2.48. The lowest BCUT2D eigenvalue weighted by Crippen LogP contribution is -2.27. The van der Waals surface area contributed by atoms with Gasteiger partial charge < -0.3 is 9.47 Å². The van der Waals surface area contributed by atoms with E-state index in [4.69, 9.17) is 0 Å². The molecule has 0 aliphatic carbocycles. The number of hydrogen-bond acceptors (Lipinski definition) is 3. The van der Waals surface area contributed by atoms with Crippen molar-refractivity contribution in [2.45, 2.75) is 13.1 Å². The molecule has 1 amide bonds. The first-order valence-electron chi connectivity index (χ1n) is 6.71. The van der Waals surface area contributed by atoms with E-state index < -0.39 is 0 Å². The molecule has 1 aromatic carbocycles. The van der Waals surface area contributed by atoms with Gasteiger partial charge in [0.1, 0.15) is 0 Å². The van der Waals surface area contributed by atoms with Gasteiger partial charge in [-0.3, -0.25) is 9.69 Å². The van der Waals surface area contributed by atoms with Crippen molar-refractivity contribution >= 4 is 5.91 Å². The van der Waals surface area contributed by atoms with Gasteiger partial charge in [-0.25, -0.2) is 4.98 Å². The van der Waals surface area contributed by atoms with Crippen LogP contribution in [0.3, 0.4) is 0 Å². The van der Waals surface area contributed by atoms with Gasteiger partial charge in [0.2, 0.25) is 5.91 Å². The summed E-state index contributed by atoms with van der Waals surface area (Å²) in [7, 11) is 1.97. The third kappa shape index (κ3) is 2.72. The third-order valence-electron chi connectivity index (χ3n) is 3.60. The molecule has 1 aliphatic rings. The fraction of sp³-hybridized carbons (Fsp3) is 0.333. The number of benzene rings is 1. The molecule has 0 atom stereocenters. The van der Waals surface area contributed by atoms with Crippen LogP contribution in [0.4, 0.5) is 0 Å². The fourth-order valence-corrected chi connectivity index (χ4v) is 2.48. The van der Waals surface area contributed by atoms with Gasteiger partial charge in [0.15, 0.2) is 0 Å². The van der Waals surface area contributed by atoms with Crippen LogP contribution in [0.15, 0.2) is 42.9 Å².